The number of hydrogen-bond acceptors (Lipinski definition) is 5. The minimum absolute atomic E-state index is 0.221. The second-order valence-corrected chi connectivity index (χ2v) is 6.93. The second-order valence-electron chi connectivity index (χ2n) is 6.14. The number of nitriles is 1. The smallest absolute Gasteiger partial charge is 0.252 e. The van der Waals surface area contributed by atoms with Gasteiger partial charge in [0.15, 0.2) is 0 Å². The van der Waals surface area contributed by atoms with Crippen molar-refractivity contribution in [3.8, 4) is 11.8 Å². The molecule has 6 heteroatoms. The lowest BCUT2D eigenvalue weighted by Gasteiger charge is -2.11. The van der Waals surface area contributed by atoms with Crippen LogP contribution in [0.15, 0.2) is 41.4 Å². The molecule has 1 heterocycles. The molecule has 2 aromatic rings. The zero-order valence-electron chi connectivity index (χ0n) is 14.7. The summed E-state index contributed by atoms with van der Waals surface area (Å²) in [4.78, 5) is 17.1. The fourth-order valence-corrected chi connectivity index (χ4v) is 3.20. The van der Waals surface area contributed by atoms with Crippen LogP contribution in [-0.4, -0.2) is 30.3 Å². The van der Waals surface area contributed by atoms with E-state index >= 15 is 0 Å². The van der Waals surface area contributed by atoms with Crippen molar-refractivity contribution in [1.29, 1.82) is 5.26 Å². The zero-order valence-corrected chi connectivity index (χ0v) is 15.5. The van der Waals surface area contributed by atoms with Crippen molar-refractivity contribution in [1.82, 2.24) is 10.3 Å². The highest BCUT2D eigenvalue weighted by molar-refractivity contribution is 7.98. The van der Waals surface area contributed by atoms with Gasteiger partial charge < -0.3 is 10.1 Å². The summed E-state index contributed by atoms with van der Waals surface area (Å²) in [5, 5.41) is 13.0. The van der Waals surface area contributed by atoms with Gasteiger partial charge in [0.2, 0.25) is 0 Å². The van der Waals surface area contributed by atoms with Crippen LogP contribution in [0.2, 0.25) is 0 Å². The Morgan fingerprint density at radius 1 is 1.38 bits per heavy atom. The lowest BCUT2D eigenvalue weighted by Crippen LogP contribution is -2.27. The van der Waals surface area contributed by atoms with Gasteiger partial charge in [-0.15, -0.1) is 11.8 Å². The second kappa shape index (κ2) is 8.72. The number of benzene rings is 1. The average molecular weight is 367 g/mol. The van der Waals surface area contributed by atoms with Gasteiger partial charge in [0, 0.05) is 18.2 Å². The number of amides is 1. The van der Waals surface area contributed by atoms with Crippen LogP contribution in [0.4, 0.5) is 0 Å². The number of nitrogens with one attached hydrogen (secondary N) is 1. The summed E-state index contributed by atoms with van der Waals surface area (Å²) < 4.78 is 5.62. The van der Waals surface area contributed by atoms with Gasteiger partial charge in [0.1, 0.15) is 16.8 Å². The Hall–Kier alpha value is -2.52. The molecule has 0 radical (unpaired) electrons. The highest BCUT2D eigenvalue weighted by Crippen LogP contribution is 2.40. The molecule has 1 aliphatic carbocycles. The number of rotatable bonds is 8. The van der Waals surface area contributed by atoms with Crippen molar-refractivity contribution in [3.05, 3.63) is 53.2 Å². The van der Waals surface area contributed by atoms with Crippen molar-refractivity contribution in [2.24, 2.45) is 0 Å². The van der Waals surface area contributed by atoms with E-state index in [1.54, 1.807) is 6.07 Å². The molecule has 1 aromatic carbocycles. The topological polar surface area (TPSA) is 75.0 Å². The quantitative estimate of drug-likeness (QED) is 0.568. The molecular weight excluding hydrogens is 346 g/mol. The van der Waals surface area contributed by atoms with Gasteiger partial charge >= 0.3 is 0 Å². The van der Waals surface area contributed by atoms with Gasteiger partial charge in [0.05, 0.1) is 17.7 Å². The Bertz CT molecular complexity index is 814. The third kappa shape index (κ3) is 4.55. The number of thioether (sulfide) groups is 1. The van der Waals surface area contributed by atoms with Crippen LogP contribution in [0.25, 0.3) is 0 Å². The molecule has 1 amide bonds. The van der Waals surface area contributed by atoms with Crippen molar-refractivity contribution in [2.75, 3.05) is 19.4 Å². The van der Waals surface area contributed by atoms with E-state index in [0.29, 0.717) is 41.6 Å². The van der Waals surface area contributed by atoms with Crippen molar-refractivity contribution in [3.63, 3.8) is 0 Å². The number of carbonyl (C=O) groups is 1. The molecule has 1 saturated carbocycles. The first-order valence-electron chi connectivity index (χ1n) is 8.68. The van der Waals surface area contributed by atoms with Crippen LogP contribution in [0.3, 0.4) is 0 Å². The van der Waals surface area contributed by atoms with Gasteiger partial charge in [-0.05, 0) is 43.7 Å². The summed E-state index contributed by atoms with van der Waals surface area (Å²) in [7, 11) is 0. The average Bonchev–Trinajstić information content (AvgIpc) is 3.52. The van der Waals surface area contributed by atoms with E-state index < -0.39 is 0 Å². The Balaban J connectivity index is 1.58. The minimum atomic E-state index is -0.221. The Morgan fingerprint density at radius 3 is 2.81 bits per heavy atom. The molecule has 3 rings (SSSR count). The van der Waals surface area contributed by atoms with E-state index in [9.17, 15) is 10.1 Å². The molecule has 0 atom stereocenters. The van der Waals surface area contributed by atoms with Gasteiger partial charge in [-0.1, -0.05) is 18.2 Å². The molecule has 0 unspecified atom stereocenters. The lowest BCUT2D eigenvalue weighted by atomic mass is 10.1. The summed E-state index contributed by atoms with van der Waals surface area (Å²) in [5.74, 6) is 1.03. The van der Waals surface area contributed by atoms with Gasteiger partial charge in [-0.2, -0.15) is 5.26 Å². The largest absolute Gasteiger partial charge is 0.494 e. The van der Waals surface area contributed by atoms with E-state index in [0.717, 1.165) is 24.3 Å². The first kappa shape index (κ1) is 18.3. The molecule has 1 aromatic heterocycles. The molecule has 0 saturated heterocycles. The molecular formula is C20H21N3O2S. The van der Waals surface area contributed by atoms with Crippen LogP contribution in [0, 0.1) is 11.3 Å². The first-order chi connectivity index (χ1) is 12.7. The molecule has 0 bridgehead atoms. The van der Waals surface area contributed by atoms with Crippen molar-refractivity contribution >= 4 is 17.7 Å². The summed E-state index contributed by atoms with van der Waals surface area (Å²) >= 11 is 1.41. The zero-order chi connectivity index (χ0) is 18.4. The predicted octanol–water partition coefficient (Wildman–Crippen LogP) is 3.75. The van der Waals surface area contributed by atoms with E-state index in [-0.39, 0.29) is 5.91 Å². The Kier molecular flexibility index (Phi) is 6.13. The number of nitrogens with zero attached hydrogens (tertiary/aromatic N) is 2. The molecule has 5 nitrogen and oxygen atoms in total. The number of para-hydroxylation sites is 1. The monoisotopic (exact) mass is 367 g/mol. The summed E-state index contributed by atoms with van der Waals surface area (Å²) in [6, 6.07) is 13.5. The maximum Gasteiger partial charge on any atom is 0.252 e. The fraction of sp³-hybridized carbons (Fsp3) is 0.350. The van der Waals surface area contributed by atoms with Crippen LogP contribution in [-0.2, 0) is 0 Å². The lowest BCUT2D eigenvalue weighted by molar-refractivity contribution is 0.0950. The summed E-state index contributed by atoms with van der Waals surface area (Å²) in [6.45, 7) is 1.02. The molecule has 1 fully saturated rings. The number of pyridine rings is 1. The molecule has 0 aliphatic heterocycles. The van der Waals surface area contributed by atoms with Crippen molar-refractivity contribution in [2.45, 2.75) is 30.2 Å². The standard InChI is InChI=1S/C20H21N3O2S/c1-26-20-17(13-21)16(12-18(23-20)14-8-9-14)19(24)22-10-5-11-25-15-6-3-2-4-7-15/h2-4,6-7,12,14H,5,8-11H2,1H3,(H,22,24). The van der Waals surface area contributed by atoms with Crippen LogP contribution < -0.4 is 10.1 Å². The highest BCUT2D eigenvalue weighted by Gasteiger charge is 2.28. The summed E-state index contributed by atoms with van der Waals surface area (Å²) in [6.07, 6.45) is 4.77. The third-order valence-corrected chi connectivity index (χ3v) is 4.85. The minimum Gasteiger partial charge on any atom is -0.494 e. The Labute approximate surface area is 157 Å². The van der Waals surface area contributed by atoms with Gasteiger partial charge in [-0.25, -0.2) is 4.98 Å². The number of hydrogen-bond donors (Lipinski definition) is 1. The molecule has 134 valence electrons. The van der Waals surface area contributed by atoms with Crippen LogP contribution in [0.1, 0.15) is 46.8 Å². The molecule has 1 N–H and O–H groups in total. The van der Waals surface area contributed by atoms with E-state index in [1.807, 2.05) is 36.6 Å². The first-order valence-corrected chi connectivity index (χ1v) is 9.90. The normalized spacial score (nSPS) is 13.1. The van der Waals surface area contributed by atoms with Gasteiger partial charge in [-0.3, -0.25) is 4.79 Å². The number of carbonyl (C=O) groups excluding carboxylic acids is 1. The number of aromatic nitrogens is 1. The van der Waals surface area contributed by atoms with Crippen molar-refractivity contribution < 1.29 is 9.53 Å². The molecule has 1 aliphatic rings. The third-order valence-electron chi connectivity index (χ3n) is 4.17. The molecule has 26 heavy (non-hydrogen) atoms. The molecule has 0 spiro atoms. The SMILES string of the molecule is CSc1nc(C2CC2)cc(C(=O)NCCCOc2ccccc2)c1C#N. The Morgan fingerprint density at radius 2 is 2.15 bits per heavy atom. The van der Waals surface area contributed by atoms with E-state index in [1.165, 1.54) is 11.8 Å². The van der Waals surface area contributed by atoms with Crippen LogP contribution >= 0.6 is 11.8 Å². The maximum absolute atomic E-state index is 12.6. The summed E-state index contributed by atoms with van der Waals surface area (Å²) in [5.41, 5.74) is 1.71. The van der Waals surface area contributed by atoms with E-state index in [2.05, 4.69) is 16.4 Å². The predicted molar refractivity (Wildman–Crippen MR) is 102 cm³/mol. The van der Waals surface area contributed by atoms with E-state index in [4.69, 9.17) is 4.74 Å². The van der Waals surface area contributed by atoms with Gasteiger partial charge in [0.25, 0.3) is 5.91 Å². The number of ether oxygens (including phenoxy) is 1. The maximum atomic E-state index is 12.6. The highest BCUT2D eigenvalue weighted by atomic mass is 32.2. The fourth-order valence-electron chi connectivity index (χ4n) is 2.64. The van der Waals surface area contributed by atoms with Crippen LogP contribution in [0.5, 0.6) is 5.75 Å².